The molecule has 2 aromatic heterocycles. The highest BCUT2D eigenvalue weighted by Gasteiger charge is 2.17. The molecule has 0 aliphatic carbocycles. The van der Waals surface area contributed by atoms with E-state index >= 15 is 0 Å². The average molecular weight is 349 g/mol. The van der Waals surface area contributed by atoms with E-state index in [1.54, 1.807) is 10.7 Å². The summed E-state index contributed by atoms with van der Waals surface area (Å²) in [6.45, 7) is 0.492. The highest BCUT2D eigenvalue weighted by atomic mass is 35.5. The Bertz CT molecular complexity index is 910. The Balaban J connectivity index is 1.78. The van der Waals surface area contributed by atoms with Gasteiger partial charge in [0.25, 0.3) is 10.0 Å². The summed E-state index contributed by atoms with van der Waals surface area (Å²) in [7, 11) is -3.76. The molecule has 3 aromatic rings. The largest absolute Gasteiger partial charge is 0.267 e. The second-order valence-electron chi connectivity index (χ2n) is 4.82. The second-order valence-corrected chi connectivity index (χ2v) is 6.94. The molecule has 118 valence electrons. The van der Waals surface area contributed by atoms with Crippen LogP contribution in [0.2, 0.25) is 5.02 Å². The Hall–Kier alpha value is -2.38. The molecule has 1 N–H and O–H groups in total. The molecule has 0 atom stereocenters. The van der Waals surface area contributed by atoms with Gasteiger partial charge in [-0.15, -0.1) is 0 Å². The van der Waals surface area contributed by atoms with Crippen LogP contribution in [0, 0.1) is 0 Å². The fraction of sp³-hybridized carbons (Fsp3) is 0.0667. The number of pyridine rings is 1. The summed E-state index contributed by atoms with van der Waals surface area (Å²) < 4.78 is 28.6. The minimum Gasteiger partial charge on any atom is -0.267 e. The summed E-state index contributed by atoms with van der Waals surface area (Å²) in [6, 6.07) is 12.7. The first-order chi connectivity index (χ1) is 11.0. The lowest BCUT2D eigenvalue weighted by Gasteiger charge is -2.05. The molecule has 0 unspecified atom stereocenters. The van der Waals surface area contributed by atoms with Crippen LogP contribution in [0.4, 0.5) is 5.82 Å². The van der Waals surface area contributed by atoms with Gasteiger partial charge in [0.15, 0.2) is 0 Å². The van der Waals surface area contributed by atoms with Crippen LogP contribution in [0.1, 0.15) is 5.56 Å². The molecular weight excluding hydrogens is 336 g/mol. The number of hydrogen-bond donors (Lipinski definition) is 1. The molecule has 2 heterocycles. The van der Waals surface area contributed by atoms with Crippen molar-refractivity contribution in [2.24, 2.45) is 0 Å². The predicted octanol–water partition coefficient (Wildman–Crippen LogP) is 2.78. The van der Waals surface area contributed by atoms with E-state index in [0.717, 1.165) is 5.56 Å². The van der Waals surface area contributed by atoms with E-state index in [0.29, 0.717) is 11.6 Å². The van der Waals surface area contributed by atoms with Crippen molar-refractivity contribution in [3.05, 3.63) is 71.6 Å². The summed E-state index contributed by atoms with van der Waals surface area (Å²) in [4.78, 5) is 3.99. The van der Waals surface area contributed by atoms with E-state index in [1.165, 1.54) is 24.7 Å². The Kier molecular flexibility index (Phi) is 4.31. The Morgan fingerprint density at radius 1 is 1.17 bits per heavy atom. The normalized spacial score (nSPS) is 11.3. The van der Waals surface area contributed by atoms with Gasteiger partial charge in [-0.3, -0.25) is 9.40 Å². The second kappa shape index (κ2) is 6.39. The van der Waals surface area contributed by atoms with Crippen LogP contribution in [-0.4, -0.2) is 23.2 Å². The zero-order valence-corrected chi connectivity index (χ0v) is 13.5. The number of rotatable bonds is 5. The van der Waals surface area contributed by atoms with Crippen LogP contribution in [-0.2, 0) is 16.6 Å². The van der Waals surface area contributed by atoms with E-state index in [4.69, 9.17) is 11.6 Å². The van der Waals surface area contributed by atoms with Crippen molar-refractivity contribution in [1.82, 2.24) is 14.8 Å². The fourth-order valence-electron chi connectivity index (χ4n) is 2.00. The molecular formula is C15H13ClN4O2S. The van der Waals surface area contributed by atoms with Gasteiger partial charge in [-0.1, -0.05) is 41.9 Å². The van der Waals surface area contributed by atoms with E-state index in [-0.39, 0.29) is 10.7 Å². The van der Waals surface area contributed by atoms with Gasteiger partial charge in [0, 0.05) is 23.5 Å². The molecule has 6 nitrogen and oxygen atoms in total. The van der Waals surface area contributed by atoms with Gasteiger partial charge in [0.2, 0.25) is 0 Å². The standard InChI is InChI=1S/C15H13ClN4O2S/c16-13-6-7-17-15(8-13)19-23(21,22)14-9-18-20(11-14)10-12-4-2-1-3-5-12/h1-9,11H,10H2,(H,17,19). The van der Waals surface area contributed by atoms with Gasteiger partial charge >= 0.3 is 0 Å². The number of nitrogens with one attached hydrogen (secondary N) is 1. The lowest BCUT2D eigenvalue weighted by molar-refractivity contribution is 0.600. The highest BCUT2D eigenvalue weighted by molar-refractivity contribution is 7.92. The number of benzene rings is 1. The van der Waals surface area contributed by atoms with Gasteiger partial charge in [0.1, 0.15) is 10.7 Å². The molecule has 0 aliphatic heterocycles. The first kappa shape index (κ1) is 15.5. The Morgan fingerprint density at radius 2 is 1.96 bits per heavy atom. The topological polar surface area (TPSA) is 76.9 Å². The first-order valence-corrected chi connectivity index (χ1v) is 8.60. The molecule has 0 fully saturated rings. The third-order valence-electron chi connectivity index (χ3n) is 3.07. The monoisotopic (exact) mass is 348 g/mol. The zero-order chi connectivity index (χ0) is 16.3. The SMILES string of the molecule is O=S(=O)(Nc1cc(Cl)ccn1)c1cnn(Cc2ccccc2)c1. The number of hydrogen-bond acceptors (Lipinski definition) is 4. The minimum absolute atomic E-state index is 0.0650. The smallest absolute Gasteiger partial charge is 0.266 e. The molecule has 8 heteroatoms. The highest BCUT2D eigenvalue weighted by Crippen LogP contribution is 2.17. The number of nitrogens with zero attached hydrogens (tertiary/aromatic N) is 3. The maximum atomic E-state index is 12.3. The van der Waals surface area contributed by atoms with Crippen molar-refractivity contribution in [3.8, 4) is 0 Å². The van der Waals surface area contributed by atoms with Crippen molar-refractivity contribution in [2.75, 3.05) is 4.72 Å². The molecule has 0 spiro atoms. The Morgan fingerprint density at radius 3 is 2.70 bits per heavy atom. The van der Waals surface area contributed by atoms with Crippen LogP contribution in [0.15, 0.2) is 66.0 Å². The Labute approximate surface area is 138 Å². The summed E-state index contributed by atoms with van der Waals surface area (Å²) >= 11 is 5.82. The first-order valence-electron chi connectivity index (χ1n) is 6.74. The van der Waals surface area contributed by atoms with Crippen LogP contribution in [0.25, 0.3) is 0 Å². The third kappa shape index (κ3) is 3.88. The molecule has 0 aliphatic rings. The molecule has 0 bridgehead atoms. The molecule has 0 radical (unpaired) electrons. The number of halogens is 1. The summed E-state index contributed by atoms with van der Waals surface area (Å²) in [5, 5.41) is 4.49. The van der Waals surface area contributed by atoms with Crippen molar-refractivity contribution in [2.45, 2.75) is 11.4 Å². The van der Waals surface area contributed by atoms with Crippen molar-refractivity contribution >= 4 is 27.4 Å². The lowest BCUT2D eigenvalue weighted by Crippen LogP contribution is -2.13. The summed E-state index contributed by atoms with van der Waals surface area (Å²) in [5.41, 5.74) is 1.03. The molecule has 3 rings (SSSR count). The lowest BCUT2D eigenvalue weighted by atomic mass is 10.2. The van der Waals surface area contributed by atoms with E-state index in [2.05, 4.69) is 14.8 Å². The maximum absolute atomic E-state index is 12.3. The van der Waals surface area contributed by atoms with E-state index in [9.17, 15) is 8.42 Å². The molecule has 0 amide bonds. The number of sulfonamides is 1. The minimum atomic E-state index is -3.76. The predicted molar refractivity (Wildman–Crippen MR) is 87.8 cm³/mol. The van der Waals surface area contributed by atoms with Crippen molar-refractivity contribution < 1.29 is 8.42 Å². The van der Waals surface area contributed by atoms with Gasteiger partial charge in [0.05, 0.1) is 12.7 Å². The summed E-state index contributed by atoms with van der Waals surface area (Å²) in [5.74, 6) is 0.160. The van der Waals surface area contributed by atoms with Gasteiger partial charge < -0.3 is 0 Å². The van der Waals surface area contributed by atoms with Crippen molar-refractivity contribution in [3.63, 3.8) is 0 Å². The quantitative estimate of drug-likeness (QED) is 0.769. The van der Waals surface area contributed by atoms with Crippen LogP contribution < -0.4 is 4.72 Å². The molecule has 23 heavy (non-hydrogen) atoms. The number of anilines is 1. The molecule has 0 saturated heterocycles. The van der Waals surface area contributed by atoms with Crippen molar-refractivity contribution in [1.29, 1.82) is 0 Å². The van der Waals surface area contributed by atoms with Crippen LogP contribution >= 0.6 is 11.6 Å². The third-order valence-corrected chi connectivity index (χ3v) is 4.61. The van der Waals surface area contributed by atoms with E-state index in [1.807, 2.05) is 30.3 Å². The van der Waals surface area contributed by atoms with Gasteiger partial charge in [-0.05, 0) is 11.6 Å². The van der Waals surface area contributed by atoms with E-state index < -0.39 is 10.0 Å². The molecule has 0 saturated carbocycles. The number of aromatic nitrogens is 3. The zero-order valence-electron chi connectivity index (χ0n) is 11.9. The fourth-order valence-corrected chi connectivity index (χ4v) is 3.11. The van der Waals surface area contributed by atoms with Crippen LogP contribution in [0.3, 0.4) is 0 Å². The summed E-state index contributed by atoms with van der Waals surface area (Å²) in [6.07, 6.45) is 4.20. The van der Waals surface area contributed by atoms with Gasteiger partial charge in [-0.25, -0.2) is 13.4 Å². The average Bonchev–Trinajstić information content (AvgIpc) is 2.97. The maximum Gasteiger partial charge on any atom is 0.266 e. The van der Waals surface area contributed by atoms with Gasteiger partial charge in [-0.2, -0.15) is 5.10 Å². The van der Waals surface area contributed by atoms with Crippen LogP contribution in [0.5, 0.6) is 0 Å². The molecule has 1 aromatic carbocycles.